The van der Waals surface area contributed by atoms with Crippen LogP contribution < -0.4 is 0 Å². The highest BCUT2D eigenvalue weighted by Crippen LogP contribution is 2.20. The van der Waals surface area contributed by atoms with E-state index in [2.05, 4.69) is 27.3 Å². The molecule has 0 atom stereocenters. The Morgan fingerprint density at radius 3 is 3.24 bits per heavy atom. The van der Waals surface area contributed by atoms with Gasteiger partial charge in [0.15, 0.2) is 5.82 Å². The third-order valence-electron chi connectivity index (χ3n) is 2.03. The minimum atomic E-state index is 0.335. The van der Waals surface area contributed by atoms with Gasteiger partial charge in [0.1, 0.15) is 11.8 Å². The van der Waals surface area contributed by atoms with Crippen molar-refractivity contribution >= 4 is 11.8 Å². The summed E-state index contributed by atoms with van der Waals surface area (Å²) in [4.78, 5) is 4.22. The molecule has 88 valence electrons. The fourth-order valence-electron chi connectivity index (χ4n) is 1.26. The Hall–Kier alpha value is -1.81. The van der Waals surface area contributed by atoms with E-state index < -0.39 is 0 Å². The first-order chi connectivity index (χ1) is 8.35. The summed E-state index contributed by atoms with van der Waals surface area (Å²) in [5, 5.41) is 19.0. The normalized spacial score (nSPS) is 10.4. The first-order valence-corrected chi connectivity index (χ1v) is 6.34. The first-order valence-electron chi connectivity index (χ1n) is 5.19. The lowest BCUT2D eigenvalue weighted by atomic mass is 10.2. The van der Waals surface area contributed by atoms with E-state index in [4.69, 9.17) is 9.78 Å². The molecular formula is C10H11N5OS. The van der Waals surface area contributed by atoms with Gasteiger partial charge in [0.2, 0.25) is 0 Å². The molecule has 0 amide bonds. The Balaban J connectivity index is 2.11. The van der Waals surface area contributed by atoms with Gasteiger partial charge in [-0.1, -0.05) is 12.1 Å². The molecular weight excluding hydrogens is 238 g/mol. The van der Waals surface area contributed by atoms with Gasteiger partial charge < -0.3 is 4.52 Å². The van der Waals surface area contributed by atoms with Gasteiger partial charge in [-0.25, -0.2) is 0 Å². The van der Waals surface area contributed by atoms with Crippen LogP contribution in [-0.2, 0) is 5.75 Å². The van der Waals surface area contributed by atoms with Crippen LogP contribution in [0, 0.1) is 11.3 Å². The maximum Gasteiger partial charge on any atom is 0.262 e. The molecule has 0 saturated heterocycles. The van der Waals surface area contributed by atoms with Crippen molar-refractivity contribution in [2.45, 2.75) is 19.1 Å². The van der Waals surface area contributed by atoms with Crippen LogP contribution in [0.4, 0.5) is 0 Å². The van der Waals surface area contributed by atoms with Crippen molar-refractivity contribution in [1.82, 2.24) is 20.3 Å². The summed E-state index contributed by atoms with van der Waals surface area (Å²) in [6, 6.07) is 1.98. The van der Waals surface area contributed by atoms with E-state index in [0.717, 1.165) is 17.9 Å². The summed E-state index contributed by atoms with van der Waals surface area (Å²) in [6.45, 7) is 2.12. The van der Waals surface area contributed by atoms with Crippen LogP contribution in [0.15, 0.2) is 10.7 Å². The van der Waals surface area contributed by atoms with Gasteiger partial charge in [0.05, 0.1) is 17.5 Å². The lowest BCUT2D eigenvalue weighted by Gasteiger charge is -1.91. The van der Waals surface area contributed by atoms with Gasteiger partial charge in [0, 0.05) is 0 Å². The minimum absolute atomic E-state index is 0.335. The maximum absolute atomic E-state index is 8.83. The predicted octanol–water partition coefficient (Wildman–Crippen LogP) is 1.97. The highest BCUT2D eigenvalue weighted by Gasteiger charge is 2.14. The molecule has 1 N–H and O–H groups in total. The topological polar surface area (TPSA) is 91.4 Å². The molecule has 6 nitrogen and oxygen atoms in total. The second-order valence-corrected chi connectivity index (χ2v) is 4.44. The van der Waals surface area contributed by atoms with Crippen molar-refractivity contribution in [3.63, 3.8) is 0 Å². The highest BCUT2D eigenvalue weighted by atomic mass is 32.2. The van der Waals surface area contributed by atoms with Crippen LogP contribution in [0.3, 0.4) is 0 Å². The van der Waals surface area contributed by atoms with Crippen molar-refractivity contribution in [2.24, 2.45) is 0 Å². The summed E-state index contributed by atoms with van der Waals surface area (Å²) in [5.41, 5.74) is 0.883. The van der Waals surface area contributed by atoms with Crippen molar-refractivity contribution < 1.29 is 4.52 Å². The number of aromatic amines is 1. The van der Waals surface area contributed by atoms with Crippen molar-refractivity contribution in [2.75, 3.05) is 5.75 Å². The van der Waals surface area contributed by atoms with Crippen LogP contribution in [0.2, 0.25) is 0 Å². The number of aromatic nitrogens is 4. The Morgan fingerprint density at radius 2 is 2.47 bits per heavy atom. The van der Waals surface area contributed by atoms with Gasteiger partial charge in [0.25, 0.3) is 5.89 Å². The summed E-state index contributed by atoms with van der Waals surface area (Å²) in [6.07, 6.45) is 2.63. The fourth-order valence-corrected chi connectivity index (χ4v) is 2.00. The molecule has 0 aliphatic heterocycles. The number of rotatable bonds is 5. The predicted molar refractivity (Wildman–Crippen MR) is 63.0 cm³/mol. The van der Waals surface area contributed by atoms with E-state index in [1.54, 1.807) is 11.8 Å². The standard InChI is InChI=1S/C10H11N5OS/c1-2-3-17-6-9-13-10(16-15-9)7-5-12-14-8(7)4-11/h5H,2-3,6H2,1H3,(H,12,14). The highest BCUT2D eigenvalue weighted by molar-refractivity contribution is 7.98. The van der Waals surface area contributed by atoms with Gasteiger partial charge in [-0.3, -0.25) is 5.10 Å². The number of thioether (sulfide) groups is 1. The molecule has 7 heteroatoms. The third kappa shape index (κ3) is 2.65. The van der Waals surface area contributed by atoms with Gasteiger partial charge in [-0.15, -0.1) is 0 Å². The quantitative estimate of drug-likeness (QED) is 0.814. The van der Waals surface area contributed by atoms with E-state index in [0.29, 0.717) is 23.0 Å². The van der Waals surface area contributed by atoms with Crippen LogP contribution in [0.5, 0.6) is 0 Å². The molecule has 0 bridgehead atoms. The zero-order valence-electron chi connectivity index (χ0n) is 9.30. The van der Waals surface area contributed by atoms with E-state index in [-0.39, 0.29) is 0 Å². The smallest absolute Gasteiger partial charge is 0.262 e. The molecule has 0 unspecified atom stereocenters. The molecule has 0 saturated carbocycles. The van der Waals surface area contributed by atoms with E-state index >= 15 is 0 Å². The van der Waals surface area contributed by atoms with Crippen molar-refractivity contribution in [3.8, 4) is 17.5 Å². The van der Waals surface area contributed by atoms with Gasteiger partial charge >= 0.3 is 0 Å². The number of nitrogens with zero attached hydrogens (tertiary/aromatic N) is 4. The van der Waals surface area contributed by atoms with Crippen molar-refractivity contribution in [3.05, 3.63) is 17.7 Å². The number of H-pyrrole nitrogens is 1. The number of hydrogen-bond acceptors (Lipinski definition) is 6. The van der Waals surface area contributed by atoms with Gasteiger partial charge in [-0.05, 0) is 12.2 Å². The van der Waals surface area contributed by atoms with E-state index in [1.807, 2.05) is 6.07 Å². The minimum Gasteiger partial charge on any atom is -0.334 e. The number of nitrogens with one attached hydrogen (secondary N) is 1. The second kappa shape index (κ2) is 5.50. The molecule has 0 aliphatic carbocycles. The largest absolute Gasteiger partial charge is 0.334 e. The lowest BCUT2D eigenvalue weighted by Crippen LogP contribution is -1.86. The number of hydrogen-bond donors (Lipinski definition) is 1. The summed E-state index contributed by atoms with van der Waals surface area (Å²) >= 11 is 1.75. The molecule has 2 aromatic rings. The molecule has 0 fully saturated rings. The van der Waals surface area contributed by atoms with Crippen molar-refractivity contribution in [1.29, 1.82) is 5.26 Å². The monoisotopic (exact) mass is 249 g/mol. The third-order valence-corrected chi connectivity index (χ3v) is 3.19. The lowest BCUT2D eigenvalue weighted by molar-refractivity contribution is 0.425. The SMILES string of the molecule is CCCSCc1noc(-c2cn[nH]c2C#N)n1. The van der Waals surface area contributed by atoms with Gasteiger partial charge in [-0.2, -0.15) is 27.1 Å². The van der Waals surface area contributed by atoms with Crippen LogP contribution >= 0.6 is 11.8 Å². The second-order valence-electron chi connectivity index (χ2n) is 3.34. The van der Waals surface area contributed by atoms with Crippen LogP contribution in [0.25, 0.3) is 11.5 Å². The molecule has 17 heavy (non-hydrogen) atoms. The fraction of sp³-hybridized carbons (Fsp3) is 0.400. The zero-order chi connectivity index (χ0) is 12.1. The maximum atomic E-state index is 8.83. The summed E-state index contributed by atoms with van der Waals surface area (Å²) in [5.74, 6) is 2.77. The Morgan fingerprint density at radius 1 is 1.59 bits per heavy atom. The Kier molecular flexibility index (Phi) is 3.77. The first kappa shape index (κ1) is 11.7. The molecule has 2 rings (SSSR count). The van der Waals surface area contributed by atoms with Crippen LogP contribution in [-0.4, -0.2) is 26.1 Å². The molecule has 0 aromatic carbocycles. The molecule has 0 aliphatic rings. The molecule has 0 spiro atoms. The Labute approximate surface area is 102 Å². The number of nitriles is 1. The molecule has 0 radical (unpaired) electrons. The van der Waals surface area contributed by atoms with Crippen LogP contribution in [0.1, 0.15) is 24.9 Å². The van der Waals surface area contributed by atoms with E-state index in [1.165, 1.54) is 6.20 Å². The average molecular weight is 249 g/mol. The molecule has 2 heterocycles. The Bertz CT molecular complexity index is 527. The molecule has 2 aromatic heterocycles. The van der Waals surface area contributed by atoms with E-state index in [9.17, 15) is 0 Å². The summed E-state index contributed by atoms with van der Waals surface area (Å²) in [7, 11) is 0. The zero-order valence-corrected chi connectivity index (χ0v) is 10.1. The average Bonchev–Trinajstić information content (AvgIpc) is 2.96. The summed E-state index contributed by atoms with van der Waals surface area (Å²) < 4.78 is 5.10.